The lowest BCUT2D eigenvalue weighted by Gasteiger charge is -2.48. The van der Waals surface area contributed by atoms with Gasteiger partial charge in [0.2, 0.25) is 0 Å². The number of halogens is 1. The van der Waals surface area contributed by atoms with Gasteiger partial charge in [-0.15, -0.1) is 0 Å². The summed E-state index contributed by atoms with van der Waals surface area (Å²) in [6, 6.07) is 6.81. The van der Waals surface area contributed by atoms with Gasteiger partial charge in [0.15, 0.2) is 0 Å². The quantitative estimate of drug-likeness (QED) is 0.868. The fourth-order valence-corrected chi connectivity index (χ4v) is 3.88. The first-order valence-electron chi connectivity index (χ1n) is 7.57. The summed E-state index contributed by atoms with van der Waals surface area (Å²) in [5.74, 6) is 1.58. The Balaban J connectivity index is 1.98. The van der Waals surface area contributed by atoms with E-state index in [9.17, 15) is 0 Å². The molecule has 0 amide bonds. The van der Waals surface area contributed by atoms with Crippen molar-refractivity contribution in [3.63, 3.8) is 0 Å². The predicted octanol–water partition coefficient (Wildman–Crippen LogP) is 3.25. The fourth-order valence-electron chi connectivity index (χ4n) is 3.53. The minimum absolute atomic E-state index is 0.0219. The summed E-state index contributed by atoms with van der Waals surface area (Å²) >= 11 is 3.56. The highest BCUT2D eigenvalue weighted by atomic mass is 79.9. The van der Waals surface area contributed by atoms with E-state index in [1.807, 2.05) is 0 Å². The zero-order valence-electron chi connectivity index (χ0n) is 12.2. The van der Waals surface area contributed by atoms with Crippen LogP contribution in [0.3, 0.4) is 0 Å². The van der Waals surface area contributed by atoms with Gasteiger partial charge in [0.05, 0.1) is 0 Å². The molecule has 1 fully saturated rings. The summed E-state index contributed by atoms with van der Waals surface area (Å²) in [7, 11) is 0. The zero-order valence-corrected chi connectivity index (χ0v) is 13.8. The van der Waals surface area contributed by atoms with Crippen LogP contribution < -0.4 is 15.4 Å². The molecule has 0 radical (unpaired) electrons. The van der Waals surface area contributed by atoms with Gasteiger partial charge in [-0.2, -0.15) is 0 Å². The second-order valence-electron chi connectivity index (χ2n) is 6.02. The molecule has 0 saturated carbocycles. The fraction of sp³-hybridized carbons (Fsp3) is 0.625. The normalized spacial score (nSPS) is 32.8. The van der Waals surface area contributed by atoms with E-state index >= 15 is 0 Å². The molecule has 0 bridgehead atoms. The second-order valence-corrected chi connectivity index (χ2v) is 6.93. The molecule has 1 spiro atoms. The smallest absolute Gasteiger partial charge is 0.126 e. The van der Waals surface area contributed by atoms with E-state index in [4.69, 9.17) is 4.74 Å². The molecule has 0 aliphatic carbocycles. The molecule has 1 saturated heterocycles. The first kappa shape index (κ1) is 14.4. The first-order valence-corrected chi connectivity index (χ1v) is 8.36. The number of fused-ring (bicyclic) bond motifs is 1. The monoisotopic (exact) mass is 338 g/mol. The lowest BCUT2D eigenvalue weighted by Crippen LogP contribution is -2.56. The van der Waals surface area contributed by atoms with Crippen LogP contribution in [0.25, 0.3) is 0 Å². The Hall–Kier alpha value is -0.580. The van der Waals surface area contributed by atoms with Crippen molar-refractivity contribution in [3.05, 3.63) is 28.2 Å². The van der Waals surface area contributed by atoms with E-state index < -0.39 is 0 Å². The summed E-state index contributed by atoms with van der Waals surface area (Å²) in [4.78, 5) is 0. The average molecular weight is 339 g/mol. The van der Waals surface area contributed by atoms with Crippen LogP contribution in [0.15, 0.2) is 22.7 Å². The number of rotatable bonds is 2. The molecule has 2 aliphatic rings. The van der Waals surface area contributed by atoms with Crippen molar-refractivity contribution in [2.45, 2.75) is 38.3 Å². The number of piperidine rings is 1. The lowest BCUT2D eigenvalue weighted by atomic mass is 9.75. The summed E-state index contributed by atoms with van der Waals surface area (Å²) in [5.41, 5.74) is 1.28. The number of ether oxygens (including phenoxy) is 1. The molecule has 2 heterocycles. The molecular formula is C16H23BrN2O. The second kappa shape index (κ2) is 5.66. The van der Waals surface area contributed by atoms with E-state index in [-0.39, 0.29) is 5.60 Å². The van der Waals surface area contributed by atoms with Gasteiger partial charge in [-0.3, -0.25) is 0 Å². The lowest BCUT2D eigenvalue weighted by molar-refractivity contribution is -0.0372. The Kier molecular flexibility index (Phi) is 4.07. The maximum atomic E-state index is 6.52. The van der Waals surface area contributed by atoms with Gasteiger partial charge in [0.25, 0.3) is 0 Å². The van der Waals surface area contributed by atoms with E-state index in [0.29, 0.717) is 12.0 Å². The molecule has 2 N–H and O–H groups in total. The maximum absolute atomic E-state index is 6.52. The zero-order chi connectivity index (χ0) is 14.2. The molecule has 1 aromatic rings. The van der Waals surface area contributed by atoms with E-state index in [0.717, 1.165) is 42.7 Å². The Bertz CT molecular complexity index is 493. The van der Waals surface area contributed by atoms with Crippen LogP contribution >= 0.6 is 15.9 Å². The highest BCUT2D eigenvalue weighted by Crippen LogP contribution is 2.46. The molecule has 2 aliphatic heterocycles. The van der Waals surface area contributed by atoms with Gasteiger partial charge in [-0.25, -0.2) is 0 Å². The SMILES string of the molecule is CCNC1CC2(CCNCC2C)Oc2cc(Br)ccc21. The van der Waals surface area contributed by atoms with Crippen molar-refractivity contribution >= 4 is 15.9 Å². The van der Waals surface area contributed by atoms with Gasteiger partial charge in [-0.1, -0.05) is 35.8 Å². The van der Waals surface area contributed by atoms with Gasteiger partial charge >= 0.3 is 0 Å². The third-order valence-corrected chi connectivity index (χ3v) is 5.23. The number of hydrogen-bond donors (Lipinski definition) is 2. The minimum Gasteiger partial charge on any atom is -0.486 e. The Morgan fingerprint density at radius 1 is 1.50 bits per heavy atom. The first-order chi connectivity index (χ1) is 9.64. The Labute approximate surface area is 129 Å². The van der Waals surface area contributed by atoms with Crippen LogP contribution in [0, 0.1) is 5.92 Å². The summed E-state index contributed by atoms with van der Waals surface area (Å²) in [5, 5.41) is 7.12. The highest BCUT2D eigenvalue weighted by molar-refractivity contribution is 9.10. The molecular weight excluding hydrogens is 316 g/mol. The molecule has 4 heteroatoms. The van der Waals surface area contributed by atoms with Crippen molar-refractivity contribution in [2.24, 2.45) is 5.92 Å². The molecule has 3 rings (SSSR count). The van der Waals surface area contributed by atoms with Crippen LogP contribution in [0.4, 0.5) is 0 Å². The van der Waals surface area contributed by atoms with Crippen molar-refractivity contribution < 1.29 is 4.74 Å². The van der Waals surface area contributed by atoms with Crippen LogP contribution in [0.2, 0.25) is 0 Å². The van der Waals surface area contributed by atoms with Crippen molar-refractivity contribution in [2.75, 3.05) is 19.6 Å². The summed E-state index contributed by atoms with van der Waals surface area (Å²) < 4.78 is 7.61. The Morgan fingerprint density at radius 3 is 3.10 bits per heavy atom. The largest absolute Gasteiger partial charge is 0.486 e. The molecule has 3 atom stereocenters. The van der Waals surface area contributed by atoms with Gasteiger partial charge in [0.1, 0.15) is 11.4 Å². The summed E-state index contributed by atoms with van der Waals surface area (Å²) in [6.07, 6.45) is 2.15. The standard InChI is InChI=1S/C16H23BrN2O/c1-3-19-14-9-16(6-7-18-10-11(16)2)20-15-8-12(17)4-5-13(14)15/h4-5,8,11,14,18-19H,3,6-7,9-10H2,1-2H3. The van der Waals surface area contributed by atoms with Crippen molar-refractivity contribution in [1.82, 2.24) is 10.6 Å². The van der Waals surface area contributed by atoms with Gasteiger partial charge in [0, 0.05) is 35.0 Å². The molecule has 3 nitrogen and oxygen atoms in total. The molecule has 0 aromatic heterocycles. The molecule has 3 unspecified atom stereocenters. The van der Waals surface area contributed by atoms with Crippen LogP contribution in [-0.2, 0) is 0 Å². The van der Waals surface area contributed by atoms with E-state index in [2.05, 4.69) is 58.6 Å². The predicted molar refractivity (Wildman–Crippen MR) is 85.2 cm³/mol. The average Bonchev–Trinajstić information content (AvgIpc) is 2.42. The van der Waals surface area contributed by atoms with Gasteiger partial charge < -0.3 is 15.4 Å². The third-order valence-electron chi connectivity index (χ3n) is 4.74. The van der Waals surface area contributed by atoms with Crippen LogP contribution in [0.1, 0.15) is 38.3 Å². The maximum Gasteiger partial charge on any atom is 0.126 e. The topological polar surface area (TPSA) is 33.3 Å². The Morgan fingerprint density at radius 2 is 2.35 bits per heavy atom. The highest BCUT2D eigenvalue weighted by Gasteiger charge is 2.46. The molecule has 1 aromatic carbocycles. The minimum atomic E-state index is -0.0219. The molecule has 20 heavy (non-hydrogen) atoms. The molecule has 110 valence electrons. The summed E-state index contributed by atoms with van der Waals surface area (Å²) in [6.45, 7) is 7.56. The van der Waals surface area contributed by atoms with Crippen molar-refractivity contribution in [1.29, 1.82) is 0 Å². The number of benzene rings is 1. The third kappa shape index (κ3) is 2.49. The van der Waals surface area contributed by atoms with Crippen molar-refractivity contribution in [3.8, 4) is 5.75 Å². The number of hydrogen-bond acceptors (Lipinski definition) is 3. The van der Waals surface area contributed by atoms with E-state index in [1.54, 1.807) is 0 Å². The van der Waals surface area contributed by atoms with Gasteiger partial charge in [-0.05, 0) is 31.6 Å². The van der Waals surface area contributed by atoms with E-state index in [1.165, 1.54) is 5.56 Å². The van der Waals surface area contributed by atoms with Crippen LogP contribution in [-0.4, -0.2) is 25.2 Å². The van der Waals surface area contributed by atoms with Crippen LogP contribution in [0.5, 0.6) is 5.75 Å². The number of nitrogens with one attached hydrogen (secondary N) is 2.